The summed E-state index contributed by atoms with van der Waals surface area (Å²) in [4.78, 5) is 0. The Morgan fingerprint density at radius 3 is 2.04 bits per heavy atom. The van der Waals surface area contributed by atoms with Gasteiger partial charge in [-0.05, 0) is 55.2 Å². The Hall–Kier alpha value is -1.00. The Balaban J connectivity index is 1.27. The van der Waals surface area contributed by atoms with E-state index in [9.17, 15) is 8.78 Å². The van der Waals surface area contributed by atoms with Gasteiger partial charge in [0.05, 0.1) is 13.2 Å². The summed E-state index contributed by atoms with van der Waals surface area (Å²) in [5.74, 6) is 0.629. The standard InChI is InChI=1S/C21H28F2O2/c22-19-10-9-17(11-20(19)23)15-5-7-16(8-6-15)21-24-12-18(13-25-21)14-3-1-2-4-14/h9-11,14-16,18,21H,1-8,12-13H2/t15?,16?,18-,21-. The van der Waals surface area contributed by atoms with Crippen LogP contribution in [0, 0.1) is 29.4 Å². The van der Waals surface area contributed by atoms with Crippen LogP contribution in [0.3, 0.4) is 0 Å². The molecule has 138 valence electrons. The third kappa shape index (κ3) is 3.90. The van der Waals surface area contributed by atoms with Crippen molar-refractivity contribution in [3.05, 3.63) is 35.4 Å². The van der Waals surface area contributed by atoms with E-state index in [-0.39, 0.29) is 6.29 Å². The second-order valence-corrected chi connectivity index (χ2v) is 8.12. The zero-order chi connectivity index (χ0) is 17.2. The zero-order valence-electron chi connectivity index (χ0n) is 14.8. The third-order valence-electron chi connectivity index (χ3n) is 6.59. The molecule has 1 aliphatic heterocycles. The molecule has 3 aliphatic rings. The Kier molecular flexibility index (Phi) is 5.37. The third-order valence-corrected chi connectivity index (χ3v) is 6.59. The summed E-state index contributed by atoms with van der Waals surface area (Å²) in [6.07, 6.45) is 9.37. The lowest BCUT2D eigenvalue weighted by molar-refractivity contribution is -0.234. The van der Waals surface area contributed by atoms with Crippen molar-refractivity contribution in [1.82, 2.24) is 0 Å². The highest BCUT2D eigenvalue weighted by Crippen LogP contribution is 2.40. The molecule has 0 aromatic heterocycles. The molecule has 0 unspecified atom stereocenters. The van der Waals surface area contributed by atoms with Gasteiger partial charge in [0, 0.05) is 11.8 Å². The van der Waals surface area contributed by atoms with Crippen LogP contribution in [0.15, 0.2) is 18.2 Å². The van der Waals surface area contributed by atoms with E-state index in [0.717, 1.165) is 50.4 Å². The van der Waals surface area contributed by atoms with Crippen LogP contribution in [-0.2, 0) is 9.47 Å². The topological polar surface area (TPSA) is 18.5 Å². The molecule has 1 aromatic rings. The number of halogens is 2. The maximum atomic E-state index is 13.5. The highest BCUT2D eigenvalue weighted by atomic mass is 19.2. The number of benzene rings is 1. The van der Waals surface area contributed by atoms with Gasteiger partial charge in [-0.25, -0.2) is 8.78 Å². The second-order valence-electron chi connectivity index (χ2n) is 8.12. The van der Waals surface area contributed by atoms with E-state index < -0.39 is 11.6 Å². The lowest BCUT2D eigenvalue weighted by atomic mass is 9.78. The summed E-state index contributed by atoms with van der Waals surface area (Å²) < 4.78 is 38.7. The SMILES string of the molecule is Fc1ccc(C2CCC([C@H]3OC[C@H](C4CCCC4)CO3)CC2)cc1F. The van der Waals surface area contributed by atoms with Crippen LogP contribution in [0.2, 0.25) is 0 Å². The molecule has 4 rings (SSSR count). The van der Waals surface area contributed by atoms with Crippen molar-refractivity contribution in [2.75, 3.05) is 13.2 Å². The normalized spacial score (nSPS) is 34.3. The van der Waals surface area contributed by atoms with Gasteiger partial charge in [0.15, 0.2) is 17.9 Å². The number of ether oxygens (including phenoxy) is 2. The monoisotopic (exact) mass is 350 g/mol. The minimum absolute atomic E-state index is 0.0662. The molecule has 0 N–H and O–H groups in total. The molecule has 1 aromatic carbocycles. The Labute approximate surface area is 148 Å². The fourth-order valence-electron chi connectivity index (χ4n) is 5.00. The first-order valence-corrected chi connectivity index (χ1v) is 9.89. The van der Waals surface area contributed by atoms with Crippen LogP contribution in [0.4, 0.5) is 8.78 Å². The molecule has 25 heavy (non-hydrogen) atoms. The van der Waals surface area contributed by atoms with Gasteiger partial charge in [0.2, 0.25) is 0 Å². The van der Waals surface area contributed by atoms with Crippen molar-refractivity contribution in [3.63, 3.8) is 0 Å². The molecule has 0 amide bonds. The first-order chi connectivity index (χ1) is 12.2. The Bertz CT molecular complexity index is 569. The van der Waals surface area contributed by atoms with Gasteiger partial charge in [0.25, 0.3) is 0 Å². The van der Waals surface area contributed by atoms with Gasteiger partial charge >= 0.3 is 0 Å². The van der Waals surface area contributed by atoms with Crippen LogP contribution in [0.1, 0.15) is 62.8 Å². The van der Waals surface area contributed by atoms with E-state index in [2.05, 4.69) is 0 Å². The molecule has 1 heterocycles. The summed E-state index contributed by atoms with van der Waals surface area (Å²) >= 11 is 0. The molecule has 4 heteroatoms. The second kappa shape index (κ2) is 7.71. The fourth-order valence-corrected chi connectivity index (χ4v) is 5.00. The quantitative estimate of drug-likeness (QED) is 0.725. The van der Waals surface area contributed by atoms with Gasteiger partial charge in [-0.1, -0.05) is 31.7 Å². The highest BCUT2D eigenvalue weighted by Gasteiger charge is 2.35. The van der Waals surface area contributed by atoms with Crippen LogP contribution in [-0.4, -0.2) is 19.5 Å². The van der Waals surface area contributed by atoms with Gasteiger partial charge in [0.1, 0.15) is 0 Å². The molecule has 1 saturated heterocycles. The predicted molar refractivity (Wildman–Crippen MR) is 92.2 cm³/mol. The summed E-state index contributed by atoms with van der Waals surface area (Å²) in [5, 5.41) is 0. The molecular formula is C21H28F2O2. The lowest BCUT2D eigenvalue weighted by Crippen LogP contribution is -2.40. The molecular weight excluding hydrogens is 322 g/mol. The summed E-state index contributed by atoms with van der Waals surface area (Å²) in [6.45, 7) is 1.69. The Morgan fingerprint density at radius 2 is 1.40 bits per heavy atom. The van der Waals surface area contributed by atoms with Crippen molar-refractivity contribution >= 4 is 0 Å². The van der Waals surface area contributed by atoms with E-state index in [1.54, 1.807) is 6.07 Å². The highest BCUT2D eigenvalue weighted by molar-refractivity contribution is 5.22. The summed E-state index contributed by atoms with van der Waals surface area (Å²) in [6, 6.07) is 4.33. The van der Waals surface area contributed by atoms with Crippen molar-refractivity contribution in [2.24, 2.45) is 17.8 Å². The maximum absolute atomic E-state index is 13.5. The zero-order valence-corrected chi connectivity index (χ0v) is 14.8. The first kappa shape index (κ1) is 17.4. The Morgan fingerprint density at radius 1 is 0.720 bits per heavy atom. The fraction of sp³-hybridized carbons (Fsp3) is 0.714. The van der Waals surface area contributed by atoms with E-state index in [1.165, 1.54) is 37.8 Å². The van der Waals surface area contributed by atoms with Crippen molar-refractivity contribution < 1.29 is 18.3 Å². The lowest BCUT2D eigenvalue weighted by Gasteiger charge is -2.39. The van der Waals surface area contributed by atoms with Crippen LogP contribution in [0.5, 0.6) is 0 Å². The minimum atomic E-state index is -0.766. The number of rotatable bonds is 3. The maximum Gasteiger partial charge on any atom is 0.160 e. The van der Waals surface area contributed by atoms with Crippen molar-refractivity contribution in [1.29, 1.82) is 0 Å². The molecule has 3 fully saturated rings. The predicted octanol–water partition coefficient (Wildman–Crippen LogP) is 5.42. The van der Waals surface area contributed by atoms with E-state index in [1.807, 2.05) is 0 Å². The van der Waals surface area contributed by atoms with E-state index in [4.69, 9.17) is 9.47 Å². The van der Waals surface area contributed by atoms with Gasteiger partial charge in [-0.3, -0.25) is 0 Å². The van der Waals surface area contributed by atoms with E-state index >= 15 is 0 Å². The summed E-state index contributed by atoms with van der Waals surface area (Å²) in [7, 11) is 0. The molecule has 0 atom stereocenters. The molecule has 0 radical (unpaired) electrons. The van der Waals surface area contributed by atoms with Gasteiger partial charge in [-0.2, -0.15) is 0 Å². The smallest absolute Gasteiger partial charge is 0.160 e. The molecule has 2 nitrogen and oxygen atoms in total. The average molecular weight is 350 g/mol. The molecule has 0 spiro atoms. The van der Waals surface area contributed by atoms with E-state index in [0.29, 0.717) is 17.8 Å². The molecule has 0 bridgehead atoms. The summed E-state index contributed by atoms with van der Waals surface area (Å²) in [5.41, 5.74) is 0.920. The first-order valence-electron chi connectivity index (χ1n) is 9.89. The molecule has 2 aliphatic carbocycles. The molecule has 2 saturated carbocycles. The minimum Gasteiger partial charge on any atom is -0.352 e. The number of hydrogen-bond donors (Lipinski definition) is 0. The van der Waals surface area contributed by atoms with Gasteiger partial charge in [-0.15, -0.1) is 0 Å². The van der Waals surface area contributed by atoms with Crippen LogP contribution >= 0.6 is 0 Å². The average Bonchev–Trinajstić information content (AvgIpc) is 3.19. The van der Waals surface area contributed by atoms with Crippen LogP contribution in [0.25, 0.3) is 0 Å². The van der Waals surface area contributed by atoms with Crippen molar-refractivity contribution in [3.8, 4) is 0 Å². The number of hydrogen-bond acceptors (Lipinski definition) is 2. The van der Waals surface area contributed by atoms with Crippen molar-refractivity contribution in [2.45, 2.75) is 63.6 Å². The largest absolute Gasteiger partial charge is 0.352 e. The van der Waals surface area contributed by atoms with Crippen LogP contribution < -0.4 is 0 Å². The van der Waals surface area contributed by atoms with Gasteiger partial charge < -0.3 is 9.47 Å².